The van der Waals surface area contributed by atoms with E-state index in [-0.39, 0.29) is 6.04 Å². The van der Waals surface area contributed by atoms with Gasteiger partial charge in [0.05, 0.1) is 6.26 Å². The van der Waals surface area contributed by atoms with E-state index in [2.05, 4.69) is 9.88 Å². The first-order valence-electron chi connectivity index (χ1n) is 9.60. The Bertz CT molecular complexity index is 823. The largest absolute Gasteiger partial charge is 0.423 e. The molecule has 26 heavy (non-hydrogen) atoms. The first-order chi connectivity index (χ1) is 12.5. The van der Waals surface area contributed by atoms with Gasteiger partial charge < -0.3 is 9.32 Å². The number of oxazole rings is 1. The van der Waals surface area contributed by atoms with Crippen LogP contribution in [0.5, 0.6) is 0 Å². The molecule has 0 radical (unpaired) electrons. The van der Waals surface area contributed by atoms with E-state index < -0.39 is 10.0 Å². The Hall–Kier alpha value is -1.60. The third-order valence-corrected chi connectivity index (χ3v) is 7.12. The highest BCUT2D eigenvalue weighted by molar-refractivity contribution is 7.88. The Morgan fingerprint density at radius 1 is 1.04 bits per heavy atom. The molecule has 142 valence electrons. The quantitative estimate of drug-likeness (QED) is 0.821. The fourth-order valence-corrected chi connectivity index (χ4v) is 5.69. The van der Waals surface area contributed by atoms with Crippen molar-refractivity contribution in [2.24, 2.45) is 5.92 Å². The smallest absolute Gasteiger partial charge is 0.298 e. The van der Waals surface area contributed by atoms with E-state index in [0.29, 0.717) is 18.5 Å². The fourth-order valence-electron chi connectivity index (χ4n) is 4.46. The molecule has 0 spiro atoms. The van der Waals surface area contributed by atoms with E-state index in [1.165, 1.54) is 6.26 Å². The monoisotopic (exact) mass is 377 g/mol. The highest BCUT2D eigenvalue weighted by Crippen LogP contribution is 2.33. The van der Waals surface area contributed by atoms with Gasteiger partial charge in [-0.2, -0.15) is 9.29 Å². The van der Waals surface area contributed by atoms with Crippen LogP contribution in [0, 0.1) is 5.92 Å². The zero-order valence-corrected chi connectivity index (χ0v) is 16.1. The van der Waals surface area contributed by atoms with Crippen LogP contribution in [0.2, 0.25) is 0 Å². The highest BCUT2D eigenvalue weighted by Gasteiger charge is 2.36. The third kappa shape index (κ3) is 3.60. The second kappa shape index (κ2) is 7.19. The van der Waals surface area contributed by atoms with Gasteiger partial charge in [0.15, 0.2) is 5.58 Å². The molecule has 1 aromatic carbocycles. The molecule has 1 atom stereocenters. The van der Waals surface area contributed by atoms with Gasteiger partial charge in [-0.25, -0.2) is 8.42 Å². The van der Waals surface area contributed by atoms with Crippen LogP contribution < -0.4 is 4.90 Å². The summed E-state index contributed by atoms with van der Waals surface area (Å²) < 4.78 is 32.2. The zero-order chi connectivity index (χ0) is 18.1. The Kier molecular flexibility index (Phi) is 4.92. The molecule has 7 heteroatoms. The van der Waals surface area contributed by atoms with Crippen molar-refractivity contribution in [3.63, 3.8) is 0 Å². The number of fused-ring (bicyclic) bond motifs is 1. The lowest BCUT2D eigenvalue weighted by molar-refractivity contribution is 0.205. The number of para-hydroxylation sites is 2. The lowest BCUT2D eigenvalue weighted by Gasteiger charge is -2.39. The van der Waals surface area contributed by atoms with Gasteiger partial charge in [0.1, 0.15) is 5.52 Å². The van der Waals surface area contributed by atoms with Crippen molar-refractivity contribution in [3.8, 4) is 0 Å². The Morgan fingerprint density at radius 3 is 2.54 bits per heavy atom. The molecule has 2 aliphatic rings. The van der Waals surface area contributed by atoms with Crippen LogP contribution in [0.15, 0.2) is 28.7 Å². The summed E-state index contributed by atoms with van der Waals surface area (Å²) in [5.74, 6) is 0.420. The van der Waals surface area contributed by atoms with Gasteiger partial charge in [0, 0.05) is 25.7 Å². The number of rotatable bonds is 3. The number of nitrogens with zero attached hydrogens (tertiary/aromatic N) is 3. The van der Waals surface area contributed by atoms with Gasteiger partial charge in [-0.15, -0.1) is 0 Å². The topological polar surface area (TPSA) is 66.7 Å². The summed E-state index contributed by atoms with van der Waals surface area (Å²) in [5, 5.41) is 0. The minimum Gasteiger partial charge on any atom is -0.423 e. The van der Waals surface area contributed by atoms with E-state index in [9.17, 15) is 8.42 Å². The van der Waals surface area contributed by atoms with Crippen molar-refractivity contribution >= 4 is 27.1 Å². The molecule has 0 N–H and O–H groups in total. The molecule has 6 nitrogen and oxygen atoms in total. The number of hydrogen-bond acceptors (Lipinski definition) is 5. The number of hydrogen-bond donors (Lipinski definition) is 0. The maximum Gasteiger partial charge on any atom is 0.298 e. The van der Waals surface area contributed by atoms with Gasteiger partial charge in [0.25, 0.3) is 6.01 Å². The van der Waals surface area contributed by atoms with Gasteiger partial charge in [0.2, 0.25) is 10.0 Å². The van der Waals surface area contributed by atoms with Crippen LogP contribution in [-0.4, -0.2) is 49.6 Å². The summed E-state index contributed by atoms with van der Waals surface area (Å²) in [6.45, 7) is 2.41. The van der Waals surface area contributed by atoms with Gasteiger partial charge in [-0.05, 0) is 43.7 Å². The van der Waals surface area contributed by atoms with Crippen LogP contribution in [0.25, 0.3) is 11.1 Å². The summed E-state index contributed by atoms with van der Waals surface area (Å²) in [4.78, 5) is 6.79. The number of sulfonamides is 1. The van der Waals surface area contributed by atoms with Crippen molar-refractivity contribution in [2.75, 3.05) is 30.8 Å². The van der Waals surface area contributed by atoms with Gasteiger partial charge >= 0.3 is 0 Å². The van der Waals surface area contributed by atoms with E-state index in [1.54, 1.807) is 4.31 Å². The minimum absolute atomic E-state index is 0.151. The van der Waals surface area contributed by atoms with Crippen LogP contribution in [0.3, 0.4) is 0 Å². The lowest BCUT2D eigenvalue weighted by atomic mass is 9.87. The molecule has 2 saturated heterocycles. The Morgan fingerprint density at radius 2 is 1.81 bits per heavy atom. The van der Waals surface area contributed by atoms with Crippen LogP contribution in [-0.2, 0) is 10.0 Å². The maximum absolute atomic E-state index is 12.3. The molecule has 1 unspecified atom stereocenters. The van der Waals surface area contributed by atoms with Crippen molar-refractivity contribution in [1.82, 2.24) is 9.29 Å². The van der Waals surface area contributed by atoms with Crippen molar-refractivity contribution < 1.29 is 12.8 Å². The minimum atomic E-state index is -3.14. The average Bonchev–Trinajstić information content (AvgIpc) is 2.89. The first-order valence-corrected chi connectivity index (χ1v) is 11.4. The van der Waals surface area contributed by atoms with E-state index in [4.69, 9.17) is 4.42 Å². The second-order valence-electron chi connectivity index (χ2n) is 7.58. The van der Waals surface area contributed by atoms with Crippen LogP contribution in [0.1, 0.15) is 38.5 Å². The van der Waals surface area contributed by atoms with E-state index >= 15 is 0 Å². The normalized spacial score (nSPS) is 24.0. The molecule has 4 rings (SSSR count). The van der Waals surface area contributed by atoms with Crippen molar-refractivity contribution in [3.05, 3.63) is 24.3 Å². The summed E-state index contributed by atoms with van der Waals surface area (Å²) in [5.41, 5.74) is 1.70. The van der Waals surface area contributed by atoms with Crippen molar-refractivity contribution in [1.29, 1.82) is 0 Å². The summed E-state index contributed by atoms with van der Waals surface area (Å²) in [6, 6.07) is 8.66. The standard InChI is InChI=1S/C19H27N3O3S/c1-26(23,24)22-12-6-2-3-8-17(22)15-10-13-21(14-11-15)19-20-16-7-4-5-9-18(16)25-19/h4-5,7,9,15,17H,2-3,6,8,10-14H2,1H3. The Balaban J connectivity index is 1.46. The molecule has 1 aromatic heterocycles. The molecule has 2 aromatic rings. The van der Waals surface area contributed by atoms with E-state index in [0.717, 1.165) is 62.7 Å². The summed E-state index contributed by atoms with van der Waals surface area (Å²) in [6.07, 6.45) is 7.54. The lowest BCUT2D eigenvalue weighted by Crippen LogP contribution is -2.47. The van der Waals surface area contributed by atoms with Crippen molar-refractivity contribution in [2.45, 2.75) is 44.6 Å². The fraction of sp³-hybridized carbons (Fsp3) is 0.632. The predicted octanol–water partition coefficient (Wildman–Crippen LogP) is 3.25. The molecule has 0 saturated carbocycles. The molecule has 2 aliphatic heterocycles. The molecule has 0 bridgehead atoms. The molecular formula is C19H27N3O3S. The van der Waals surface area contributed by atoms with E-state index in [1.807, 2.05) is 24.3 Å². The molecule has 3 heterocycles. The predicted molar refractivity (Wildman–Crippen MR) is 103 cm³/mol. The van der Waals surface area contributed by atoms with Gasteiger partial charge in [-0.1, -0.05) is 25.0 Å². The summed E-state index contributed by atoms with van der Waals surface area (Å²) >= 11 is 0. The molecule has 0 aliphatic carbocycles. The third-order valence-electron chi connectivity index (χ3n) is 5.81. The SMILES string of the molecule is CS(=O)(=O)N1CCCCCC1C1CCN(c2nc3ccccc3o2)CC1. The Labute approximate surface area is 155 Å². The highest BCUT2D eigenvalue weighted by atomic mass is 32.2. The van der Waals surface area contributed by atoms with Crippen LogP contribution >= 0.6 is 0 Å². The first kappa shape index (κ1) is 17.8. The summed E-state index contributed by atoms with van der Waals surface area (Å²) in [7, 11) is -3.14. The number of anilines is 1. The molecular weight excluding hydrogens is 350 g/mol. The van der Waals surface area contributed by atoms with Crippen LogP contribution in [0.4, 0.5) is 6.01 Å². The number of benzene rings is 1. The zero-order valence-electron chi connectivity index (χ0n) is 15.3. The average molecular weight is 378 g/mol. The number of piperidine rings is 1. The van der Waals surface area contributed by atoms with Gasteiger partial charge in [-0.3, -0.25) is 0 Å². The maximum atomic E-state index is 12.3. The number of aromatic nitrogens is 1. The second-order valence-corrected chi connectivity index (χ2v) is 9.51. The molecule has 2 fully saturated rings. The molecule has 0 amide bonds.